The van der Waals surface area contributed by atoms with E-state index in [-0.39, 0.29) is 43.0 Å². The number of aromatic nitrogens is 2. The van der Waals surface area contributed by atoms with Gasteiger partial charge in [-0.1, -0.05) is 49.7 Å². The average Bonchev–Trinajstić information content (AvgIpc) is 2.82. The molecular formula is C25H30N6O4. The summed E-state index contributed by atoms with van der Waals surface area (Å²) in [6, 6.07) is 16.2. The van der Waals surface area contributed by atoms with Crippen LogP contribution in [0.4, 0.5) is 22.9 Å². The molecule has 3 rings (SSSR count). The van der Waals surface area contributed by atoms with Gasteiger partial charge in [-0.05, 0) is 30.2 Å². The zero-order valence-corrected chi connectivity index (χ0v) is 19.8. The Morgan fingerprint density at radius 3 is 2.46 bits per heavy atom. The molecule has 0 aliphatic carbocycles. The van der Waals surface area contributed by atoms with E-state index in [1.54, 1.807) is 24.3 Å². The minimum Gasteiger partial charge on any atom is -0.383 e. The van der Waals surface area contributed by atoms with Crippen molar-refractivity contribution in [1.29, 1.82) is 0 Å². The van der Waals surface area contributed by atoms with Crippen molar-refractivity contribution in [2.75, 3.05) is 34.4 Å². The first-order chi connectivity index (χ1) is 16.8. The SMILES string of the molecule is CCCCN(C(=O)CNc1cccc(NC(C)=O)c1)c1c(N)n(Cc2ccccc2)c(=O)[nH]c1=O. The number of H-pyrrole nitrogens is 1. The minimum atomic E-state index is -0.714. The largest absolute Gasteiger partial charge is 0.383 e. The van der Waals surface area contributed by atoms with Gasteiger partial charge in [0.05, 0.1) is 13.1 Å². The Hall–Kier alpha value is -4.34. The van der Waals surface area contributed by atoms with E-state index in [1.807, 2.05) is 37.3 Å². The molecule has 0 spiro atoms. The first-order valence-corrected chi connectivity index (χ1v) is 11.4. The monoisotopic (exact) mass is 478 g/mol. The summed E-state index contributed by atoms with van der Waals surface area (Å²) >= 11 is 0. The highest BCUT2D eigenvalue weighted by Crippen LogP contribution is 2.20. The van der Waals surface area contributed by atoms with Crippen LogP contribution in [0.3, 0.4) is 0 Å². The van der Waals surface area contributed by atoms with Crippen molar-refractivity contribution in [2.45, 2.75) is 33.2 Å². The summed E-state index contributed by atoms with van der Waals surface area (Å²) in [6.45, 7) is 3.68. The van der Waals surface area contributed by atoms with Crippen LogP contribution in [0.1, 0.15) is 32.3 Å². The molecule has 2 aromatic carbocycles. The van der Waals surface area contributed by atoms with Crippen LogP contribution in [0, 0.1) is 0 Å². The predicted molar refractivity (Wildman–Crippen MR) is 138 cm³/mol. The molecule has 1 aromatic heterocycles. The first kappa shape index (κ1) is 25.3. The van der Waals surface area contributed by atoms with E-state index in [1.165, 1.54) is 16.4 Å². The number of amides is 2. The van der Waals surface area contributed by atoms with Crippen molar-refractivity contribution in [3.8, 4) is 0 Å². The third-order valence-electron chi connectivity index (χ3n) is 5.33. The molecule has 0 saturated heterocycles. The molecule has 2 amide bonds. The summed E-state index contributed by atoms with van der Waals surface area (Å²) in [6.07, 6.45) is 1.43. The normalized spacial score (nSPS) is 10.6. The van der Waals surface area contributed by atoms with Gasteiger partial charge in [0.15, 0.2) is 5.69 Å². The Labute approximate surface area is 202 Å². The number of hydrogen-bond acceptors (Lipinski definition) is 6. The van der Waals surface area contributed by atoms with Crippen LogP contribution in [0.25, 0.3) is 0 Å². The summed E-state index contributed by atoms with van der Waals surface area (Å²) in [4.78, 5) is 53.5. The summed E-state index contributed by atoms with van der Waals surface area (Å²) in [5.74, 6) is -0.658. The van der Waals surface area contributed by atoms with Crippen molar-refractivity contribution < 1.29 is 9.59 Å². The molecule has 3 aromatic rings. The average molecular weight is 479 g/mol. The number of carbonyl (C=O) groups excluding carboxylic acids is 2. The second kappa shape index (κ2) is 11.7. The molecule has 0 aliphatic rings. The topological polar surface area (TPSA) is 142 Å². The van der Waals surface area contributed by atoms with Crippen LogP contribution in [-0.4, -0.2) is 34.5 Å². The zero-order valence-electron chi connectivity index (χ0n) is 19.8. The van der Waals surface area contributed by atoms with Crippen molar-refractivity contribution in [3.63, 3.8) is 0 Å². The minimum absolute atomic E-state index is 0.0484. The molecule has 184 valence electrons. The van der Waals surface area contributed by atoms with Gasteiger partial charge in [0.2, 0.25) is 11.8 Å². The van der Waals surface area contributed by atoms with E-state index in [9.17, 15) is 19.2 Å². The van der Waals surface area contributed by atoms with Crippen molar-refractivity contribution >= 4 is 34.7 Å². The fraction of sp³-hybridized carbons (Fsp3) is 0.280. The van der Waals surface area contributed by atoms with Gasteiger partial charge in [0, 0.05) is 24.8 Å². The Kier molecular flexibility index (Phi) is 8.44. The van der Waals surface area contributed by atoms with Gasteiger partial charge >= 0.3 is 5.69 Å². The number of benzene rings is 2. The molecule has 10 heteroatoms. The zero-order chi connectivity index (χ0) is 25.4. The van der Waals surface area contributed by atoms with E-state index in [4.69, 9.17) is 5.73 Å². The van der Waals surface area contributed by atoms with Crippen LogP contribution in [0.15, 0.2) is 64.2 Å². The molecule has 1 heterocycles. The third-order valence-corrected chi connectivity index (χ3v) is 5.33. The van der Waals surface area contributed by atoms with Gasteiger partial charge in [-0.2, -0.15) is 0 Å². The van der Waals surface area contributed by atoms with E-state index in [2.05, 4.69) is 15.6 Å². The molecular weight excluding hydrogens is 448 g/mol. The van der Waals surface area contributed by atoms with E-state index >= 15 is 0 Å². The second-order valence-electron chi connectivity index (χ2n) is 8.08. The quantitative estimate of drug-likeness (QED) is 0.352. The van der Waals surface area contributed by atoms with Crippen LogP contribution in [0.2, 0.25) is 0 Å². The van der Waals surface area contributed by atoms with Gasteiger partial charge in [-0.3, -0.25) is 23.9 Å². The number of nitrogen functional groups attached to an aromatic ring is 1. The lowest BCUT2D eigenvalue weighted by Crippen LogP contribution is -2.43. The van der Waals surface area contributed by atoms with E-state index < -0.39 is 11.2 Å². The number of nitrogens with two attached hydrogens (primary N) is 1. The lowest BCUT2D eigenvalue weighted by molar-refractivity contribution is -0.117. The van der Waals surface area contributed by atoms with Gasteiger partial charge in [0.25, 0.3) is 5.56 Å². The standard InChI is InChI=1S/C25H30N6O4/c1-3-4-13-30(21(33)15-27-19-11-8-12-20(14-19)28-17(2)32)22-23(26)31(25(35)29-24(22)34)16-18-9-6-5-7-10-18/h5-12,14,27H,3-4,13,15-16,26H2,1-2H3,(H,28,32)(H,29,34,35). The van der Waals surface area contributed by atoms with Crippen LogP contribution in [-0.2, 0) is 16.1 Å². The van der Waals surface area contributed by atoms with Gasteiger partial charge in [0.1, 0.15) is 5.82 Å². The van der Waals surface area contributed by atoms with Crippen LogP contribution < -0.4 is 32.5 Å². The maximum Gasteiger partial charge on any atom is 0.330 e. The molecule has 5 N–H and O–H groups in total. The smallest absolute Gasteiger partial charge is 0.330 e. The highest BCUT2D eigenvalue weighted by molar-refractivity contribution is 5.98. The molecule has 35 heavy (non-hydrogen) atoms. The number of carbonyl (C=O) groups is 2. The Morgan fingerprint density at radius 1 is 1.06 bits per heavy atom. The molecule has 0 bridgehead atoms. The number of anilines is 4. The highest BCUT2D eigenvalue weighted by Gasteiger charge is 2.24. The van der Waals surface area contributed by atoms with Crippen molar-refractivity contribution in [3.05, 3.63) is 81.0 Å². The maximum absolute atomic E-state index is 13.2. The van der Waals surface area contributed by atoms with Crippen molar-refractivity contribution in [1.82, 2.24) is 9.55 Å². The van der Waals surface area contributed by atoms with Crippen LogP contribution in [0.5, 0.6) is 0 Å². The Balaban J connectivity index is 1.89. The fourth-order valence-electron chi connectivity index (χ4n) is 3.62. The number of nitrogens with one attached hydrogen (secondary N) is 3. The van der Waals surface area contributed by atoms with Crippen molar-refractivity contribution in [2.24, 2.45) is 0 Å². The van der Waals surface area contributed by atoms with Crippen LogP contribution >= 0.6 is 0 Å². The molecule has 0 radical (unpaired) electrons. The molecule has 10 nitrogen and oxygen atoms in total. The van der Waals surface area contributed by atoms with Gasteiger partial charge in [-0.25, -0.2) is 4.79 Å². The summed E-state index contributed by atoms with van der Waals surface area (Å²) in [5.41, 5.74) is 6.94. The first-order valence-electron chi connectivity index (χ1n) is 11.4. The fourth-order valence-corrected chi connectivity index (χ4v) is 3.62. The molecule has 0 saturated carbocycles. The molecule has 0 atom stereocenters. The molecule has 0 fully saturated rings. The number of unbranched alkanes of at least 4 members (excludes halogenated alkanes) is 1. The Morgan fingerprint density at radius 2 is 1.77 bits per heavy atom. The third kappa shape index (κ3) is 6.59. The maximum atomic E-state index is 13.2. The van der Waals surface area contributed by atoms with Gasteiger partial charge < -0.3 is 21.3 Å². The van der Waals surface area contributed by atoms with Gasteiger partial charge in [-0.15, -0.1) is 0 Å². The second-order valence-corrected chi connectivity index (χ2v) is 8.08. The predicted octanol–water partition coefficient (Wildman–Crippen LogP) is 2.37. The summed E-state index contributed by atoms with van der Waals surface area (Å²) in [7, 11) is 0. The lowest BCUT2D eigenvalue weighted by Gasteiger charge is -2.25. The highest BCUT2D eigenvalue weighted by atomic mass is 16.2. The summed E-state index contributed by atoms with van der Waals surface area (Å²) in [5, 5.41) is 5.71. The number of nitrogens with zero attached hydrogens (tertiary/aromatic N) is 2. The molecule has 0 aliphatic heterocycles. The molecule has 0 unspecified atom stereocenters. The number of rotatable bonds is 10. The van der Waals surface area contributed by atoms with E-state index in [0.717, 1.165) is 12.0 Å². The Bertz CT molecular complexity index is 1300. The number of hydrogen-bond donors (Lipinski definition) is 4. The van der Waals surface area contributed by atoms with E-state index in [0.29, 0.717) is 17.8 Å². The summed E-state index contributed by atoms with van der Waals surface area (Å²) < 4.78 is 1.25. The number of aromatic amines is 1. The lowest BCUT2D eigenvalue weighted by atomic mass is 10.2.